The average molecular weight is 734 g/mol. The minimum atomic E-state index is 0.673. The SMILES string of the molecule is c1ccc2c(c1)sc1ccc(-c3nc(-n4c5ccccc5c5cc6c(ccc7c8ccccc8sc67)cc54)nc4c5ccccc5c5ccccc5c34)cc12. The lowest BCUT2D eigenvalue weighted by Crippen LogP contribution is -2.04. The van der Waals surface area contributed by atoms with E-state index in [1.54, 1.807) is 0 Å². The first-order valence-electron chi connectivity index (χ1n) is 18.6. The van der Waals surface area contributed by atoms with E-state index < -0.39 is 0 Å². The number of benzene rings is 9. The lowest BCUT2D eigenvalue weighted by atomic mass is 9.94. The fourth-order valence-corrected chi connectivity index (χ4v) is 11.4. The van der Waals surface area contributed by atoms with Crippen LogP contribution in [0.5, 0.6) is 0 Å². The zero-order chi connectivity index (χ0) is 35.8. The fourth-order valence-electron chi connectivity index (χ4n) is 9.13. The summed E-state index contributed by atoms with van der Waals surface area (Å²) >= 11 is 3.73. The van der Waals surface area contributed by atoms with Crippen molar-refractivity contribution in [2.24, 2.45) is 0 Å². The summed E-state index contributed by atoms with van der Waals surface area (Å²) in [5, 5.41) is 15.8. The summed E-state index contributed by atoms with van der Waals surface area (Å²) in [5.74, 6) is 0.673. The molecule has 0 saturated carbocycles. The van der Waals surface area contributed by atoms with E-state index in [1.807, 2.05) is 22.7 Å². The molecule has 13 rings (SSSR count). The first-order chi connectivity index (χ1) is 27.3. The number of nitrogens with zero attached hydrogens (tertiary/aromatic N) is 3. The molecule has 55 heavy (non-hydrogen) atoms. The van der Waals surface area contributed by atoms with Gasteiger partial charge in [0, 0.05) is 72.8 Å². The number of thiophene rings is 2. The van der Waals surface area contributed by atoms with Crippen LogP contribution in [-0.2, 0) is 0 Å². The number of aromatic nitrogens is 3. The highest BCUT2D eigenvalue weighted by Crippen LogP contribution is 2.44. The highest BCUT2D eigenvalue weighted by Gasteiger charge is 2.22. The molecule has 0 amide bonds. The van der Waals surface area contributed by atoms with Crippen LogP contribution in [0.1, 0.15) is 0 Å². The van der Waals surface area contributed by atoms with Gasteiger partial charge in [-0.3, -0.25) is 4.57 Å². The minimum absolute atomic E-state index is 0.673. The van der Waals surface area contributed by atoms with Crippen LogP contribution >= 0.6 is 22.7 Å². The Balaban J connectivity index is 1.18. The topological polar surface area (TPSA) is 30.7 Å². The minimum Gasteiger partial charge on any atom is -0.278 e. The van der Waals surface area contributed by atoms with Crippen molar-refractivity contribution < 1.29 is 0 Å². The van der Waals surface area contributed by atoms with E-state index in [-0.39, 0.29) is 0 Å². The monoisotopic (exact) mass is 733 g/mol. The molecule has 0 saturated heterocycles. The maximum atomic E-state index is 5.66. The van der Waals surface area contributed by atoms with Gasteiger partial charge in [-0.2, -0.15) is 0 Å². The summed E-state index contributed by atoms with van der Waals surface area (Å²) in [7, 11) is 0. The van der Waals surface area contributed by atoms with E-state index in [4.69, 9.17) is 9.97 Å². The van der Waals surface area contributed by atoms with Crippen LogP contribution in [0.25, 0.3) is 123 Å². The summed E-state index contributed by atoms with van der Waals surface area (Å²) in [6.45, 7) is 0. The predicted molar refractivity (Wildman–Crippen MR) is 238 cm³/mol. The molecular weight excluding hydrogens is 707 g/mol. The second-order valence-corrected chi connectivity index (χ2v) is 16.6. The van der Waals surface area contributed by atoms with E-state index >= 15 is 0 Å². The molecule has 4 heterocycles. The first kappa shape index (κ1) is 29.8. The third-order valence-electron chi connectivity index (χ3n) is 11.6. The van der Waals surface area contributed by atoms with Crippen molar-refractivity contribution in [3.8, 4) is 17.2 Å². The molecule has 0 aliphatic carbocycles. The van der Waals surface area contributed by atoms with Crippen molar-refractivity contribution >= 4 is 128 Å². The van der Waals surface area contributed by atoms with Crippen molar-refractivity contribution in [3.63, 3.8) is 0 Å². The molecule has 9 aromatic carbocycles. The van der Waals surface area contributed by atoms with Gasteiger partial charge in [-0.25, -0.2) is 9.97 Å². The molecule has 0 aliphatic heterocycles. The Morgan fingerprint density at radius 3 is 1.84 bits per heavy atom. The van der Waals surface area contributed by atoms with Crippen LogP contribution in [0.2, 0.25) is 0 Å². The standard InChI is InChI=1S/C50H27N3S2/c1-3-16-35-30(11-1)31-12-2-4-17-36(31)48-46(35)47(29-22-24-45-40(25-29)34-15-7-9-19-43(34)54-45)51-50(52-48)53-41-18-8-5-13-32(41)39-27-38-28(26-42(39)53)21-23-37-33-14-6-10-20-44(33)55-49(37)38/h1-27H. The molecule has 0 atom stereocenters. The van der Waals surface area contributed by atoms with E-state index in [0.29, 0.717) is 5.95 Å². The summed E-state index contributed by atoms with van der Waals surface area (Å²) in [6, 6.07) is 59.8. The van der Waals surface area contributed by atoms with Crippen molar-refractivity contribution in [3.05, 3.63) is 164 Å². The number of rotatable bonds is 2. The summed E-state index contributed by atoms with van der Waals surface area (Å²) in [4.78, 5) is 11.3. The van der Waals surface area contributed by atoms with E-state index in [0.717, 1.165) is 44.0 Å². The summed E-state index contributed by atoms with van der Waals surface area (Å²) < 4.78 is 7.52. The number of hydrogen-bond donors (Lipinski definition) is 0. The second-order valence-electron chi connectivity index (χ2n) is 14.5. The summed E-state index contributed by atoms with van der Waals surface area (Å²) in [6.07, 6.45) is 0. The van der Waals surface area contributed by atoms with Crippen LogP contribution in [0.15, 0.2) is 164 Å². The molecular formula is C50H27N3S2. The van der Waals surface area contributed by atoms with Gasteiger partial charge in [-0.15, -0.1) is 22.7 Å². The molecule has 0 N–H and O–H groups in total. The van der Waals surface area contributed by atoms with Gasteiger partial charge in [0.25, 0.3) is 0 Å². The Morgan fingerprint density at radius 2 is 1.02 bits per heavy atom. The van der Waals surface area contributed by atoms with Gasteiger partial charge in [0.1, 0.15) is 0 Å². The number of fused-ring (bicyclic) bond motifs is 17. The lowest BCUT2D eigenvalue weighted by Gasteiger charge is -2.16. The van der Waals surface area contributed by atoms with Crippen molar-refractivity contribution in [1.82, 2.24) is 14.5 Å². The lowest BCUT2D eigenvalue weighted by molar-refractivity contribution is 1.02. The van der Waals surface area contributed by atoms with Gasteiger partial charge < -0.3 is 0 Å². The van der Waals surface area contributed by atoms with Gasteiger partial charge in [0.05, 0.1) is 22.2 Å². The largest absolute Gasteiger partial charge is 0.278 e. The molecule has 0 bridgehead atoms. The van der Waals surface area contributed by atoms with Gasteiger partial charge >= 0.3 is 0 Å². The van der Waals surface area contributed by atoms with Crippen LogP contribution in [0.4, 0.5) is 0 Å². The van der Waals surface area contributed by atoms with Crippen LogP contribution in [0, 0.1) is 0 Å². The Kier molecular flexibility index (Phi) is 5.93. The molecule has 0 aliphatic rings. The van der Waals surface area contributed by atoms with Gasteiger partial charge in [0.2, 0.25) is 5.95 Å². The smallest absolute Gasteiger partial charge is 0.235 e. The zero-order valence-electron chi connectivity index (χ0n) is 29.2. The quantitative estimate of drug-likeness (QED) is 0.166. The van der Waals surface area contributed by atoms with Crippen LogP contribution in [-0.4, -0.2) is 14.5 Å². The maximum Gasteiger partial charge on any atom is 0.235 e. The Labute approximate surface area is 322 Å². The molecule has 0 fully saturated rings. The Hall–Kier alpha value is -6.66. The molecule has 0 radical (unpaired) electrons. The third-order valence-corrected chi connectivity index (χ3v) is 13.9. The fraction of sp³-hybridized carbons (Fsp3) is 0. The molecule has 13 aromatic rings. The molecule has 0 spiro atoms. The van der Waals surface area contributed by atoms with Crippen molar-refractivity contribution in [2.75, 3.05) is 0 Å². The number of hydrogen-bond acceptors (Lipinski definition) is 4. The van der Waals surface area contributed by atoms with Gasteiger partial charge in [-0.05, 0) is 64.0 Å². The average Bonchev–Trinajstić information content (AvgIpc) is 3.92. The van der Waals surface area contributed by atoms with Gasteiger partial charge in [0.15, 0.2) is 0 Å². The van der Waals surface area contributed by atoms with Gasteiger partial charge in [-0.1, -0.05) is 121 Å². The first-order valence-corrected chi connectivity index (χ1v) is 20.2. The van der Waals surface area contributed by atoms with E-state index in [9.17, 15) is 0 Å². The molecule has 5 heteroatoms. The Bertz CT molecular complexity index is 3790. The van der Waals surface area contributed by atoms with Crippen molar-refractivity contribution in [2.45, 2.75) is 0 Å². The predicted octanol–water partition coefficient (Wildman–Crippen LogP) is 14.6. The zero-order valence-corrected chi connectivity index (χ0v) is 30.9. The molecule has 254 valence electrons. The van der Waals surface area contributed by atoms with E-state index in [1.165, 1.54) is 72.7 Å². The number of para-hydroxylation sites is 1. The normalized spacial score (nSPS) is 12.4. The highest BCUT2D eigenvalue weighted by atomic mass is 32.1. The van der Waals surface area contributed by atoms with Crippen LogP contribution < -0.4 is 0 Å². The Morgan fingerprint density at radius 1 is 0.382 bits per heavy atom. The third kappa shape index (κ3) is 4.09. The maximum absolute atomic E-state index is 5.66. The second kappa shape index (κ2) is 11.0. The molecule has 3 nitrogen and oxygen atoms in total. The van der Waals surface area contributed by atoms with E-state index in [2.05, 4.69) is 168 Å². The molecule has 0 unspecified atom stereocenters. The highest BCUT2D eigenvalue weighted by molar-refractivity contribution is 7.26. The molecule has 4 aromatic heterocycles. The van der Waals surface area contributed by atoms with Crippen LogP contribution in [0.3, 0.4) is 0 Å². The summed E-state index contributed by atoms with van der Waals surface area (Å²) in [5.41, 5.74) is 5.18. The van der Waals surface area contributed by atoms with Crippen molar-refractivity contribution in [1.29, 1.82) is 0 Å².